The number of ether oxygens (including phenoxy) is 1. The van der Waals surface area contributed by atoms with E-state index in [-0.39, 0.29) is 48.2 Å². The molecule has 320 valence electrons. The molecule has 4 heterocycles. The number of phenolic OH excluding ortho intramolecular Hbond substituents is 1. The van der Waals surface area contributed by atoms with Crippen LogP contribution in [-0.4, -0.2) is 88.1 Å². The average Bonchev–Trinajstić information content (AvgIpc) is 3.98. The van der Waals surface area contributed by atoms with E-state index >= 15 is 0 Å². The zero-order chi connectivity index (χ0) is 44.1. The standard InChI is InChI=1S/C38H46N12O5.C2H6.CH3NO/c1-7-49-28(18-23(4)45-49)35(53)43-37-42-27-20-25(34(39)52)21-30(51)32(27)47(37)13-9-10-14-48-33-26(16-22(3)17-31(33)55-15-11-12-40-6)41-38(48)44-36(54)29-19-24(5)46-50(29)8-2;1-2;2-1-3/h9-10,16-21,40,51H,7-8,11-15H2,1-6H3,(H2,39,52)(H,41,44,54)(H,42,43,53);1-2H3;1H,(H2,2,3)/b10-9+;;. The number of hydrogen-bond donors (Lipinski definition) is 6. The summed E-state index contributed by atoms with van der Waals surface area (Å²) in [7, 11) is 1.89. The zero-order valence-electron chi connectivity index (χ0n) is 35.4. The molecule has 4 amide bonds. The van der Waals surface area contributed by atoms with Crippen LogP contribution in [0.5, 0.6) is 11.5 Å². The normalized spacial score (nSPS) is 10.9. The second-order valence-corrected chi connectivity index (χ2v) is 13.2. The zero-order valence-corrected chi connectivity index (χ0v) is 35.4. The summed E-state index contributed by atoms with van der Waals surface area (Å²) in [6.45, 7) is 16.1. The number of aromatic nitrogens is 8. The smallest absolute Gasteiger partial charge is 0.276 e. The number of primary amides is 2. The van der Waals surface area contributed by atoms with Crippen LogP contribution in [0.15, 0.2) is 48.6 Å². The van der Waals surface area contributed by atoms with Gasteiger partial charge in [0, 0.05) is 31.7 Å². The number of hydrogen-bond acceptors (Lipinski definition) is 11. The quantitative estimate of drug-likeness (QED) is 0.0452. The summed E-state index contributed by atoms with van der Waals surface area (Å²) in [6.07, 6.45) is 4.76. The molecular weight excluding hydrogens is 771 g/mol. The maximum Gasteiger partial charge on any atom is 0.276 e. The molecule has 2 aromatic carbocycles. The van der Waals surface area contributed by atoms with Crippen LogP contribution in [0.4, 0.5) is 11.9 Å². The predicted octanol–water partition coefficient (Wildman–Crippen LogP) is 4.43. The van der Waals surface area contributed by atoms with Gasteiger partial charge in [-0.15, -0.1) is 0 Å². The molecule has 6 aromatic rings. The number of benzene rings is 2. The summed E-state index contributed by atoms with van der Waals surface area (Å²) >= 11 is 0. The molecule has 0 saturated heterocycles. The van der Waals surface area contributed by atoms with Crippen molar-refractivity contribution >= 4 is 58.1 Å². The van der Waals surface area contributed by atoms with E-state index in [9.17, 15) is 19.5 Å². The molecule has 0 saturated carbocycles. The van der Waals surface area contributed by atoms with Gasteiger partial charge in [0.1, 0.15) is 33.9 Å². The Hall–Kier alpha value is -7.02. The van der Waals surface area contributed by atoms with Gasteiger partial charge in [-0.2, -0.15) is 10.2 Å². The van der Waals surface area contributed by atoms with Crippen LogP contribution < -0.4 is 32.2 Å². The molecule has 0 unspecified atom stereocenters. The van der Waals surface area contributed by atoms with E-state index in [0.29, 0.717) is 65.0 Å². The van der Waals surface area contributed by atoms with Crippen molar-refractivity contribution in [3.63, 3.8) is 0 Å². The summed E-state index contributed by atoms with van der Waals surface area (Å²) in [6, 6.07) is 10.0. The fourth-order valence-corrected chi connectivity index (χ4v) is 6.47. The highest BCUT2D eigenvalue weighted by atomic mass is 16.5. The molecule has 60 heavy (non-hydrogen) atoms. The number of amides is 4. The minimum atomic E-state index is -0.732. The number of nitrogens with two attached hydrogens (primary N) is 2. The SMILES string of the molecule is CC.CCn1nc(C)cc1C(=O)Nc1nc2cc(C(N)=O)cc(O)c2n1C/C=C/Cn1c(NC(=O)c2cc(C)nn2CC)nc2cc(C)cc(OCCCNC)c21.NC=O. The molecule has 0 fully saturated rings. The Kier molecular flexibility index (Phi) is 16.1. The predicted molar refractivity (Wildman–Crippen MR) is 230 cm³/mol. The first kappa shape index (κ1) is 45.7. The monoisotopic (exact) mass is 825 g/mol. The van der Waals surface area contributed by atoms with Gasteiger partial charge in [0.05, 0.1) is 29.0 Å². The van der Waals surface area contributed by atoms with E-state index in [1.165, 1.54) is 12.1 Å². The lowest BCUT2D eigenvalue weighted by molar-refractivity contribution is -0.106. The highest BCUT2D eigenvalue weighted by molar-refractivity contribution is 6.05. The number of phenols is 1. The Labute approximate surface area is 347 Å². The molecule has 19 heteroatoms. The minimum Gasteiger partial charge on any atom is -0.506 e. The van der Waals surface area contributed by atoms with Gasteiger partial charge in [0.25, 0.3) is 11.8 Å². The molecule has 0 radical (unpaired) electrons. The van der Waals surface area contributed by atoms with Gasteiger partial charge in [0.2, 0.25) is 24.2 Å². The Morgan fingerprint density at radius 1 is 0.800 bits per heavy atom. The van der Waals surface area contributed by atoms with Gasteiger partial charge in [-0.05, 0) is 96.6 Å². The van der Waals surface area contributed by atoms with E-state index in [4.69, 9.17) is 20.2 Å². The summed E-state index contributed by atoms with van der Waals surface area (Å²) in [5, 5.41) is 28.9. The van der Waals surface area contributed by atoms with Crippen LogP contribution >= 0.6 is 0 Å². The summed E-state index contributed by atoms with van der Waals surface area (Å²) in [5.74, 6) is -0.678. The lowest BCUT2D eigenvalue weighted by Crippen LogP contribution is -2.20. The first-order chi connectivity index (χ1) is 28.8. The number of anilines is 2. The average molecular weight is 826 g/mol. The van der Waals surface area contributed by atoms with E-state index < -0.39 is 11.8 Å². The molecule has 0 aliphatic heterocycles. The first-order valence-electron chi connectivity index (χ1n) is 19.7. The number of imidazole rings is 2. The van der Waals surface area contributed by atoms with Crippen molar-refractivity contribution in [3.8, 4) is 11.5 Å². The van der Waals surface area contributed by atoms with E-state index in [1.807, 2.05) is 77.4 Å². The molecule has 0 aliphatic rings. The van der Waals surface area contributed by atoms with Crippen molar-refractivity contribution in [2.24, 2.45) is 11.5 Å². The number of allylic oxidation sites excluding steroid dienone is 2. The fourth-order valence-electron chi connectivity index (χ4n) is 6.47. The fraction of sp³-hybridized carbons (Fsp3) is 0.366. The van der Waals surface area contributed by atoms with Gasteiger partial charge >= 0.3 is 0 Å². The molecule has 0 atom stereocenters. The summed E-state index contributed by atoms with van der Waals surface area (Å²) < 4.78 is 13.0. The number of fused-ring (bicyclic) bond motifs is 2. The Morgan fingerprint density at radius 3 is 1.78 bits per heavy atom. The van der Waals surface area contributed by atoms with Crippen LogP contribution in [0, 0.1) is 20.8 Å². The Morgan fingerprint density at radius 2 is 1.30 bits per heavy atom. The third-order valence-electron chi connectivity index (χ3n) is 8.95. The van der Waals surface area contributed by atoms with Crippen LogP contribution in [0.2, 0.25) is 0 Å². The number of aryl methyl sites for hydroxylation is 5. The molecule has 8 N–H and O–H groups in total. The van der Waals surface area contributed by atoms with Gasteiger partial charge in [0.15, 0.2) is 0 Å². The van der Waals surface area contributed by atoms with Crippen molar-refractivity contribution in [2.75, 3.05) is 30.8 Å². The summed E-state index contributed by atoms with van der Waals surface area (Å²) in [5.41, 5.74) is 14.8. The number of carbonyl (C=O) groups is 4. The first-order valence-corrected chi connectivity index (χ1v) is 19.7. The maximum absolute atomic E-state index is 13.6. The largest absolute Gasteiger partial charge is 0.506 e. The van der Waals surface area contributed by atoms with Gasteiger partial charge in [-0.25, -0.2) is 9.97 Å². The molecule has 4 aromatic heterocycles. The lowest BCUT2D eigenvalue weighted by Gasteiger charge is -2.13. The molecule has 19 nitrogen and oxygen atoms in total. The molecular formula is C41H55N13O6. The topological polar surface area (TPSA) is 257 Å². The van der Waals surface area contributed by atoms with Crippen LogP contribution in [0.25, 0.3) is 22.1 Å². The number of rotatable bonds is 16. The molecule has 0 aliphatic carbocycles. The Bertz CT molecular complexity index is 2490. The second-order valence-electron chi connectivity index (χ2n) is 13.2. The van der Waals surface area contributed by atoms with Crippen molar-refractivity contribution in [1.82, 2.24) is 44.0 Å². The molecule has 0 spiro atoms. The van der Waals surface area contributed by atoms with E-state index in [1.54, 1.807) is 33.0 Å². The number of nitrogens with zero attached hydrogens (tertiary/aromatic N) is 8. The number of aromatic hydroxyl groups is 1. The van der Waals surface area contributed by atoms with Gasteiger partial charge < -0.3 is 35.8 Å². The van der Waals surface area contributed by atoms with Crippen molar-refractivity contribution in [3.05, 3.63) is 82.5 Å². The Balaban J connectivity index is 0.00000152. The summed E-state index contributed by atoms with van der Waals surface area (Å²) in [4.78, 5) is 57.1. The lowest BCUT2D eigenvalue weighted by atomic mass is 10.1. The van der Waals surface area contributed by atoms with Gasteiger partial charge in [-0.1, -0.05) is 26.0 Å². The van der Waals surface area contributed by atoms with Crippen molar-refractivity contribution < 1.29 is 29.0 Å². The second kappa shape index (κ2) is 21.1. The van der Waals surface area contributed by atoms with Crippen LogP contribution in [0.3, 0.4) is 0 Å². The van der Waals surface area contributed by atoms with Crippen molar-refractivity contribution in [2.45, 2.75) is 81.1 Å². The van der Waals surface area contributed by atoms with Crippen molar-refractivity contribution in [1.29, 1.82) is 0 Å². The third kappa shape index (κ3) is 10.5. The number of carbonyl (C=O) groups excluding carboxylic acids is 4. The maximum atomic E-state index is 13.6. The molecule has 6 rings (SSSR count). The highest BCUT2D eigenvalue weighted by Crippen LogP contribution is 2.32. The van der Waals surface area contributed by atoms with E-state index in [0.717, 1.165) is 24.2 Å². The van der Waals surface area contributed by atoms with E-state index in [2.05, 4.69) is 36.9 Å². The highest BCUT2D eigenvalue weighted by Gasteiger charge is 2.22. The van der Waals surface area contributed by atoms with Crippen LogP contribution in [-0.2, 0) is 31.0 Å². The number of nitrogens with one attached hydrogen (secondary N) is 3. The van der Waals surface area contributed by atoms with Crippen LogP contribution in [0.1, 0.15) is 82.4 Å². The third-order valence-corrected chi connectivity index (χ3v) is 8.95. The minimum absolute atomic E-state index is 0.0701. The van der Waals surface area contributed by atoms with Gasteiger partial charge in [-0.3, -0.25) is 39.2 Å². The molecule has 0 bridgehead atoms.